The van der Waals surface area contributed by atoms with Crippen LogP contribution in [0.15, 0.2) is 35.2 Å². The molecule has 0 unspecified atom stereocenters. The first kappa shape index (κ1) is 21.1. The summed E-state index contributed by atoms with van der Waals surface area (Å²) in [4.78, 5) is 13.2. The lowest BCUT2D eigenvalue weighted by molar-refractivity contribution is -0.120. The molecule has 1 N–H and O–H groups in total. The van der Waals surface area contributed by atoms with Crippen molar-refractivity contribution in [3.8, 4) is 0 Å². The third-order valence-electron chi connectivity index (χ3n) is 6.39. The van der Waals surface area contributed by atoms with E-state index in [-0.39, 0.29) is 11.8 Å². The third kappa shape index (κ3) is 4.03. The summed E-state index contributed by atoms with van der Waals surface area (Å²) >= 11 is 0. The topological polar surface area (TPSA) is 66.5 Å². The van der Waals surface area contributed by atoms with Crippen molar-refractivity contribution in [1.29, 1.82) is 0 Å². The van der Waals surface area contributed by atoms with Crippen LogP contribution in [-0.2, 0) is 27.7 Å². The van der Waals surface area contributed by atoms with Gasteiger partial charge < -0.3 is 5.32 Å². The molecule has 1 aliphatic heterocycles. The largest absolute Gasteiger partial charge is 0.326 e. The molecule has 0 atom stereocenters. The SMILES string of the molecule is Cc1cc(C)c(S(=O)(=O)N2CCC(C(=O)Nc3ccc4c(c3)CCC4)CC2)c(C)c1. The quantitative estimate of drug-likeness (QED) is 0.799. The number of nitrogens with zero attached hydrogens (tertiary/aromatic N) is 1. The van der Waals surface area contributed by atoms with Gasteiger partial charge in [0.1, 0.15) is 0 Å². The van der Waals surface area contributed by atoms with Gasteiger partial charge in [0.2, 0.25) is 15.9 Å². The Morgan fingerprint density at radius 2 is 1.60 bits per heavy atom. The van der Waals surface area contributed by atoms with Gasteiger partial charge in [0, 0.05) is 24.7 Å². The number of carbonyl (C=O) groups excluding carboxylic acids is 1. The van der Waals surface area contributed by atoms with Crippen molar-refractivity contribution in [2.24, 2.45) is 5.92 Å². The molecule has 4 rings (SSSR count). The Labute approximate surface area is 179 Å². The molecule has 0 spiro atoms. The van der Waals surface area contributed by atoms with Crippen molar-refractivity contribution >= 4 is 21.6 Å². The standard InChI is InChI=1S/C24H30N2O3S/c1-16-13-17(2)23(18(3)14-16)30(28,29)26-11-9-20(10-12-26)24(27)25-22-8-7-19-5-4-6-21(19)15-22/h7-8,13-15,20H,4-6,9-12H2,1-3H3,(H,25,27). The summed E-state index contributed by atoms with van der Waals surface area (Å²) in [6.07, 6.45) is 4.46. The number of piperidine rings is 1. The van der Waals surface area contributed by atoms with Gasteiger partial charge in [-0.2, -0.15) is 4.31 Å². The summed E-state index contributed by atoms with van der Waals surface area (Å²) in [6.45, 7) is 6.42. The minimum atomic E-state index is -3.55. The highest BCUT2D eigenvalue weighted by molar-refractivity contribution is 7.89. The van der Waals surface area contributed by atoms with Crippen molar-refractivity contribution in [2.45, 2.75) is 57.8 Å². The number of carbonyl (C=O) groups is 1. The molecule has 2 aromatic carbocycles. The molecule has 5 nitrogen and oxygen atoms in total. The van der Waals surface area contributed by atoms with Crippen LogP contribution >= 0.6 is 0 Å². The summed E-state index contributed by atoms with van der Waals surface area (Å²) in [5.74, 6) is -0.169. The van der Waals surface area contributed by atoms with Crippen LogP contribution in [0.5, 0.6) is 0 Å². The van der Waals surface area contributed by atoms with Crippen LogP contribution in [0.1, 0.15) is 47.1 Å². The highest BCUT2D eigenvalue weighted by Gasteiger charge is 2.33. The fraction of sp³-hybridized carbons (Fsp3) is 0.458. The van der Waals surface area contributed by atoms with Gasteiger partial charge in [-0.1, -0.05) is 23.8 Å². The molecule has 1 saturated heterocycles. The van der Waals surface area contributed by atoms with Crippen LogP contribution in [0.3, 0.4) is 0 Å². The molecule has 1 aliphatic carbocycles. The van der Waals surface area contributed by atoms with Gasteiger partial charge in [-0.15, -0.1) is 0 Å². The number of hydrogen-bond acceptors (Lipinski definition) is 3. The number of rotatable bonds is 4. The van der Waals surface area contributed by atoms with Gasteiger partial charge in [0.25, 0.3) is 0 Å². The molecule has 0 saturated carbocycles. The highest BCUT2D eigenvalue weighted by Crippen LogP contribution is 2.30. The molecule has 0 aromatic heterocycles. The molecule has 1 heterocycles. The molecule has 2 aliphatic rings. The molecule has 1 fully saturated rings. The summed E-state index contributed by atoms with van der Waals surface area (Å²) < 4.78 is 28.0. The van der Waals surface area contributed by atoms with E-state index in [9.17, 15) is 13.2 Å². The number of amides is 1. The number of nitrogens with one attached hydrogen (secondary N) is 1. The molecule has 2 aromatic rings. The van der Waals surface area contributed by atoms with Crippen LogP contribution in [0.25, 0.3) is 0 Å². The smallest absolute Gasteiger partial charge is 0.243 e. The first-order valence-corrected chi connectivity index (χ1v) is 12.2. The Bertz CT molecular complexity index is 1060. The summed E-state index contributed by atoms with van der Waals surface area (Å²) in [5, 5.41) is 3.04. The second-order valence-corrected chi connectivity index (χ2v) is 10.6. The van der Waals surface area contributed by atoms with Gasteiger partial charge in [-0.25, -0.2) is 8.42 Å². The number of aryl methyl sites for hydroxylation is 5. The average Bonchev–Trinajstić information content (AvgIpc) is 3.15. The van der Waals surface area contributed by atoms with E-state index in [1.807, 2.05) is 39.0 Å². The van der Waals surface area contributed by atoms with E-state index in [0.717, 1.165) is 35.2 Å². The van der Waals surface area contributed by atoms with Crippen molar-refractivity contribution in [3.63, 3.8) is 0 Å². The number of sulfonamides is 1. The molecule has 160 valence electrons. The van der Waals surface area contributed by atoms with Gasteiger partial charge in [0.15, 0.2) is 0 Å². The van der Waals surface area contributed by atoms with Gasteiger partial charge in [-0.3, -0.25) is 4.79 Å². The third-order valence-corrected chi connectivity index (χ3v) is 8.60. The zero-order valence-corrected chi connectivity index (χ0v) is 18.8. The first-order chi connectivity index (χ1) is 14.3. The lowest BCUT2D eigenvalue weighted by atomic mass is 9.97. The van der Waals surface area contributed by atoms with Crippen LogP contribution < -0.4 is 5.32 Å². The molecule has 30 heavy (non-hydrogen) atoms. The zero-order chi connectivity index (χ0) is 21.5. The fourth-order valence-electron chi connectivity index (χ4n) is 4.96. The molecule has 1 amide bonds. The van der Waals surface area contributed by atoms with E-state index in [2.05, 4.69) is 17.4 Å². The average molecular weight is 427 g/mol. The van der Waals surface area contributed by atoms with E-state index in [0.29, 0.717) is 30.8 Å². The van der Waals surface area contributed by atoms with E-state index in [4.69, 9.17) is 0 Å². The number of anilines is 1. The van der Waals surface area contributed by atoms with Crippen molar-refractivity contribution in [3.05, 3.63) is 58.1 Å². The van der Waals surface area contributed by atoms with Crippen molar-refractivity contribution in [1.82, 2.24) is 4.31 Å². The first-order valence-electron chi connectivity index (χ1n) is 10.8. The van der Waals surface area contributed by atoms with Crippen LogP contribution in [0.2, 0.25) is 0 Å². The Balaban J connectivity index is 1.41. The Kier molecular flexibility index (Phi) is 5.73. The molecule has 6 heteroatoms. The van der Waals surface area contributed by atoms with Crippen molar-refractivity contribution < 1.29 is 13.2 Å². The number of benzene rings is 2. The number of fused-ring (bicyclic) bond motifs is 1. The Hall–Kier alpha value is -2.18. The maximum absolute atomic E-state index is 13.2. The minimum Gasteiger partial charge on any atom is -0.326 e. The van der Waals surface area contributed by atoms with E-state index < -0.39 is 10.0 Å². The Morgan fingerprint density at radius 1 is 0.967 bits per heavy atom. The van der Waals surface area contributed by atoms with Gasteiger partial charge >= 0.3 is 0 Å². The maximum Gasteiger partial charge on any atom is 0.243 e. The van der Waals surface area contributed by atoms with Crippen LogP contribution in [0.4, 0.5) is 5.69 Å². The molecular formula is C24H30N2O3S. The monoisotopic (exact) mass is 426 g/mol. The van der Waals surface area contributed by atoms with E-state index >= 15 is 0 Å². The van der Waals surface area contributed by atoms with E-state index in [1.165, 1.54) is 21.9 Å². The summed E-state index contributed by atoms with van der Waals surface area (Å²) in [7, 11) is -3.55. The lowest BCUT2D eigenvalue weighted by Crippen LogP contribution is -2.41. The van der Waals surface area contributed by atoms with Gasteiger partial charge in [0.05, 0.1) is 4.90 Å². The predicted octanol–water partition coefficient (Wildman–Crippen LogP) is 4.14. The predicted molar refractivity (Wildman–Crippen MR) is 119 cm³/mol. The van der Waals surface area contributed by atoms with Crippen LogP contribution in [0, 0.1) is 26.7 Å². The van der Waals surface area contributed by atoms with Crippen LogP contribution in [-0.4, -0.2) is 31.7 Å². The maximum atomic E-state index is 13.2. The van der Waals surface area contributed by atoms with E-state index in [1.54, 1.807) is 0 Å². The Morgan fingerprint density at radius 3 is 2.27 bits per heavy atom. The second kappa shape index (κ2) is 8.16. The second-order valence-electron chi connectivity index (χ2n) is 8.73. The minimum absolute atomic E-state index is 0.00677. The highest BCUT2D eigenvalue weighted by atomic mass is 32.2. The van der Waals surface area contributed by atoms with Crippen molar-refractivity contribution in [2.75, 3.05) is 18.4 Å². The molecule has 0 bridgehead atoms. The number of hydrogen-bond donors (Lipinski definition) is 1. The molecule has 0 radical (unpaired) electrons. The molecular weight excluding hydrogens is 396 g/mol. The normalized spacial score (nSPS) is 17.7. The fourth-order valence-corrected chi connectivity index (χ4v) is 6.84. The summed E-state index contributed by atoms with van der Waals surface area (Å²) in [6, 6.07) is 10.0. The van der Waals surface area contributed by atoms with Gasteiger partial charge in [-0.05, 0) is 87.3 Å². The zero-order valence-electron chi connectivity index (χ0n) is 18.0. The lowest BCUT2D eigenvalue weighted by Gasteiger charge is -2.31. The summed E-state index contributed by atoms with van der Waals surface area (Å²) in [5.41, 5.74) is 6.19.